The first-order valence-corrected chi connectivity index (χ1v) is 13.0. The summed E-state index contributed by atoms with van der Waals surface area (Å²) < 4.78 is 0. The first-order valence-electron chi connectivity index (χ1n) is 13.0. The highest BCUT2D eigenvalue weighted by Crippen LogP contribution is 2.52. The van der Waals surface area contributed by atoms with Crippen molar-refractivity contribution >= 4 is 11.9 Å². The van der Waals surface area contributed by atoms with Crippen molar-refractivity contribution in [1.29, 1.82) is 0 Å². The number of unbranched alkanes of at least 4 members (excludes halogenated alkanes) is 15. The van der Waals surface area contributed by atoms with Crippen molar-refractivity contribution in [2.45, 2.75) is 136 Å². The fourth-order valence-electron chi connectivity index (χ4n) is 5.10. The normalized spacial score (nSPS) is 23.2. The van der Waals surface area contributed by atoms with Crippen LogP contribution in [0, 0.1) is 10.8 Å². The summed E-state index contributed by atoms with van der Waals surface area (Å²) in [6.45, 7) is 3.87. The molecule has 0 fully saturated rings. The average molecular weight is 437 g/mol. The van der Waals surface area contributed by atoms with Gasteiger partial charge in [0, 0.05) is 0 Å². The fourth-order valence-corrected chi connectivity index (χ4v) is 5.10. The lowest BCUT2D eigenvalue weighted by atomic mass is 9.56. The van der Waals surface area contributed by atoms with Crippen LogP contribution in [-0.2, 0) is 9.59 Å². The van der Waals surface area contributed by atoms with Gasteiger partial charge < -0.3 is 10.2 Å². The lowest BCUT2D eigenvalue weighted by Gasteiger charge is -2.44. The van der Waals surface area contributed by atoms with Gasteiger partial charge in [0.25, 0.3) is 0 Å². The largest absolute Gasteiger partial charge is 0.481 e. The molecule has 0 saturated heterocycles. The number of carbonyl (C=O) groups is 2. The van der Waals surface area contributed by atoms with Crippen LogP contribution in [0.4, 0.5) is 0 Å². The molecule has 31 heavy (non-hydrogen) atoms. The van der Waals surface area contributed by atoms with Gasteiger partial charge in [-0.15, -0.1) is 0 Å². The second-order valence-corrected chi connectivity index (χ2v) is 9.96. The van der Waals surface area contributed by atoms with E-state index < -0.39 is 22.8 Å². The van der Waals surface area contributed by atoms with Gasteiger partial charge in [-0.3, -0.25) is 9.59 Å². The summed E-state index contributed by atoms with van der Waals surface area (Å²) in [5.41, 5.74) is -2.40. The number of carboxylic acid groups (broad SMARTS) is 2. The van der Waals surface area contributed by atoms with Crippen LogP contribution < -0.4 is 0 Å². The van der Waals surface area contributed by atoms with Crippen LogP contribution in [0.25, 0.3) is 0 Å². The van der Waals surface area contributed by atoms with Gasteiger partial charge in [0.1, 0.15) is 0 Å². The molecule has 0 aromatic rings. The molecule has 1 aliphatic carbocycles. The van der Waals surface area contributed by atoms with E-state index in [4.69, 9.17) is 0 Å². The van der Waals surface area contributed by atoms with Crippen LogP contribution in [0.3, 0.4) is 0 Å². The van der Waals surface area contributed by atoms with Crippen LogP contribution in [0.5, 0.6) is 0 Å². The molecule has 0 saturated carbocycles. The average Bonchev–Trinajstić information content (AvgIpc) is 2.74. The van der Waals surface area contributed by atoms with Gasteiger partial charge in [-0.05, 0) is 26.2 Å². The zero-order valence-corrected chi connectivity index (χ0v) is 20.3. The van der Waals surface area contributed by atoms with Gasteiger partial charge in [-0.1, -0.05) is 122 Å². The van der Waals surface area contributed by atoms with Crippen molar-refractivity contribution in [3.63, 3.8) is 0 Å². The molecule has 4 nitrogen and oxygen atoms in total. The lowest BCUT2D eigenvalue weighted by molar-refractivity contribution is -0.174. The quantitative estimate of drug-likeness (QED) is 0.158. The number of rotatable bonds is 19. The summed E-state index contributed by atoms with van der Waals surface area (Å²) in [6, 6.07) is 0. The standard InChI is InChI=1S/C27H48O4/c1-3-4-5-6-7-8-9-10-11-12-13-14-15-16-17-18-22-27(25(30)31)23-20-19-21-26(27,2)24(28)29/h19-20H,3-18,21-23H2,1-2H3,(H,28,29)(H,30,31). The third-order valence-electron chi connectivity index (χ3n) is 7.55. The first kappa shape index (κ1) is 27.7. The van der Waals surface area contributed by atoms with E-state index in [0.717, 1.165) is 19.3 Å². The van der Waals surface area contributed by atoms with E-state index in [1.165, 1.54) is 83.5 Å². The summed E-state index contributed by atoms with van der Waals surface area (Å²) in [6.07, 6.45) is 25.2. The zero-order valence-electron chi connectivity index (χ0n) is 20.3. The van der Waals surface area contributed by atoms with Crippen molar-refractivity contribution in [3.05, 3.63) is 12.2 Å². The molecule has 0 amide bonds. The van der Waals surface area contributed by atoms with E-state index in [9.17, 15) is 19.8 Å². The molecule has 1 aliphatic rings. The van der Waals surface area contributed by atoms with E-state index in [0.29, 0.717) is 19.3 Å². The summed E-state index contributed by atoms with van der Waals surface area (Å²) in [5, 5.41) is 19.6. The predicted octanol–water partition coefficient (Wildman–Crippen LogP) is 8.15. The summed E-state index contributed by atoms with van der Waals surface area (Å²) in [7, 11) is 0. The molecule has 0 aliphatic heterocycles. The third-order valence-corrected chi connectivity index (χ3v) is 7.55. The molecule has 1 rings (SSSR count). The molecule has 0 radical (unpaired) electrons. The molecule has 4 heteroatoms. The van der Waals surface area contributed by atoms with Gasteiger partial charge >= 0.3 is 11.9 Å². The molecule has 0 bridgehead atoms. The van der Waals surface area contributed by atoms with Crippen molar-refractivity contribution in [2.75, 3.05) is 0 Å². The molecule has 180 valence electrons. The van der Waals surface area contributed by atoms with Gasteiger partial charge in [0.2, 0.25) is 0 Å². The smallest absolute Gasteiger partial charge is 0.311 e. The highest BCUT2D eigenvalue weighted by molar-refractivity contribution is 5.87. The van der Waals surface area contributed by atoms with Gasteiger partial charge in [0.15, 0.2) is 0 Å². The Balaban J connectivity index is 2.09. The molecular weight excluding hydrogens is 388 g/mol. The number of hydrogen-bond acceptors (Lipinski definition) is 2. The molecule has 2 N–H and O–H groups in total. The van der Waals surface area contributed by atoms with Gasteiger partial charge in [-0.2, -0.15) is 0 Å². The predicted molar refractivity (Wildman–Crippen MR) is 128 cm³/mol. The van der Waals surface area contributed by atoms with E-state index >= 15 is 0 Å². The van der Waals surface area contributed by atoms with Crippen molar-refractivity contribution in [2.24, 2.45) is 10.8 Å². The minimum atomic E-state index is -1.22. The topological polar surface area (TPSA) is 74.6 Å². The second kappa shape index (κ2) is 15.5. The maximum absolute atomic E-state index is 12.1. The van der Waals surface area contributed by atoms with Crippen LogP contribution in [0.15, 0.2) is 12.2 Å². The first-order chi connectivity index (χ1) is 14.9. The Bertz CT molecular complexity index is 541. The highest BCUT2D eigenvalue weighted by atomic mass is 16.4. The summed E-state index contributed by atoms with van der Waals surface area (Å²) >= 11 is 0. The van der Waals surface area contributed by atoms with E-state index in [-0.39, 0.29) is 0 Å². The van der Waals surface area contributed by atoms with Crippen LogP contribution in [-0.4, -0.2) is 22.2 Å². The van der Waals surface area contributed by atoms with Crippen molar-refractivity contribution in [3.8, 4) is 0 Å². The molecule has 0 heterocycles. The Kier molecular flexibility index (Phi) is 13.8. The molecule has 2 atom stereocenters. The summed E-state index contributed by atoms with van der Waals surface area (Å²) in [5.74, 6) is -1.95. The number of hydrogen-bond donors (Lipinski definition) is 2. The monoisotopic (exact) mass is 436 g/mol. The minimum absolute atomic E-state index is 0.299. The van der Waals surface area contributed by atoms with Gasteiger partial charge in [-0.25, -0.2) is 0 Å². The Morgan fingerprint density at radius 2 is 1.03 bits per heavy atom. The molecule has 0 spiro atoms. The Morgan fingerprint density at radius 1 is 0.645 bits per heavy atom. The maximum Gasteiger partial charge on any atom is 0.311 e. The Morgan fingerprint density at radius 3 is 1.42 bits per heavy atom. The van der Waals surface area contributed by atoms with E-state index in [2.05, 4.69) is 6.92 Å². The fraction of sp³-hybridized carbons (Fsp3) is 0.852. The number of aliphatic carboxylic acids is 2. The van der Waals surface area contributed by atoms with Crippen LogP contribution in [0.1, 0.15) is 136 Å². The molecule has 0 aromatic heterocycles. The molecule has 2 unspecified atom stereocenters. The highest BCUT2D eigenvalue weighted by Gasteiger charge is 2.57. The third kappa shape index (κ3) is 8.98. The maximum atomic E-state index is 12.1. The minimum Gasteiger partial charge on any atom is -0.481 e. The molecular formula is C27H48O4. The van der Waals surface area contributed by atoms with Crippen molar-refractivity contribution < 1.29 is 19.8 Å². The Hall–Kier alpha value is -1.32. The second-order valence-electron chi connectivity index (χ2n) is 9.96. The number of allylic oxidation sites excluding steroid dienone is 2. The zero-order chi connectivity index (χ0) is 23.0. The summed E-state index contributed by atoms with van der Waals surface area (Å²) in [4.78, 5) is 24.0. The Labute approximate surface area is 190 Å². The molecule has 0 aromatic carbocycles. The van der Waals surface area contributed by atoms with Crippen LogP contribution >= 0.6 is 0 Å². The van der Waals surface area contributed by atoms with E-state index in [1.807, 2.05) is 12.2 Å². The van der Waals surface area contributed by atoms with Crippen molar-refractivity contribution in [1.82, 2.24) is 0 Å². The van der Waals surface area contributed by atoms with Crippen LogP contribution in [0.2, 0.25) is 0 Å². The SMILES string of the molecule is CCCCCCCCCCCCCCCCCCC1(C(=O)O)CC=CCC1(C)C(=O)O. The van der Waals surface area contributed by atoms with E-state index in [1.54, 1.807) is 6.92 Å². The lowest BCUT2D eigenvalue weighted by Crippen LogP contribution is -2.51. The number of carboxylic acids is 2. The van der Waals surface area contributed by atoms with Gasteiger partial charge in [0.05, 0.1) is 10.8 Å².